The van der Waals surface area contributed by atoms with E-state index in [2.05, 4.69) is 21.3 Å². The van der Waals surface area contributed by atoms with Crippen molar-refractivity contribution in [2.75, 3.05) is 20.2 Å². The van der Waals surface area contributed by atoms with Crippen LogP contribution in [0.4, 0.5) is 9.59 Å². The van der Waals surface area contributed by atoms with Crippen molar-refractivity contribution in [1.29, 1.82) is 0 Å². The highest BCUT2D eigenvalue weighted by atomic mass is 16.5. The van der Waals surface area contributed by atoms with E-state index in [-0.39, 0.29) is 32.7 Å². The Morgan fingerprint density at radius 3 is 1.58 bits per heavy atom. The van der Waals surface area contributed by atoms with Crippen molar-refractivity contribution in [3.05, 3.63) is 102 Å². The molecule has 198 valence electrons. The van der Waals surface area contributed by atoms with Gasteiger partial charge in [0.1, 0.15) is 5.75 Å². The smallest absolute Gasteiger partial charge is 0.321 e. The molecule has 3 rings (SSSR count). The molecule has 3 aromatic rings. The van der Waals surface area contributed by atoms with Gasteiger partial charge in [-0.3, -0.25) is 25.1 Å². The first kappa shape index (κ1) is 27.9. The number of hydrogen-bond acceptors (Lipinski definition) is 6. The van der Waals surface area contributed by atoms with Gasteiger partial charge >= 0.3 is 12.1 Å². The highest BCUT2D eigenvalue weighted by Crippen LogP contribution is 2.19. The molecule has 10 heteroatoms. The average Bonchev–Trinajstić information content (AvgIpc) is 2.92. The Morgan fingerprint density at radius 1 is 0.658 bits per heavy atom. The first-order valence-corrected chi connectivity index (χ1v) is 12.0. The number of imide groups is 2. The third kappa shape index (κ3) is 9.75. The van der Waals surface area contributed by atoms with Crippen LogP contribution in [-0.2, 0) is 29.2 Å². The van der Waals surface area contributed by atoms with Crippen LogP contribution in [0.5, 0.6) is 5.75 Å². The fraction of sp³-hybridized carbons (Fsp3) is 0.214. The van der Waals surface area contributed by atoms with E-state index >= 15 is 0 Å². The molecule has 3 aromatic carbocycles. The first-order chi connectivity index (χ1) is 18.4. The van der Waals surface area contributed by atoms with Gasteiger partial charge in [0, 0.05) is 25.2 Å². The van der Waals surface area contributed by atoms with Crippen LogP contribution in [0.3, 0.4) is 0 Å². The summed E-state index contributed by atoms with van der Waals surface area (Å²) in [5, 5.41) is 9.80. The molecule has 0 heterocycles. The van der Waals surface area contributed by atoms with Crippen LogP contribution < -0.4 is 26.0 Å². The Bertz CT molecular complexity index is 1150. The number of hydrogen-bond donors (Lipinski definition) is 4. The van der Waals surface area contributed by atoms with E-state index in [1.54, 1.807) is 18.2 Å². The number of nitrogens with zero attached hydrogens (tertiary/aromatic N) is 1. The summed E-state index contributed by atoms with van der Waals surface area (Å²) < 4.78 is 5.38. The van der Waals surface area contributed by atoms with Crippen LogP contribution in [0.25, 0.3) is 0 Å². The van der Waals surface area contributed by atoms with E-state index in [4.69, 9.17) is 4.74 Å². The van der Waals surface area contributed by atoms with Gasteiger partial charge in [0.25, 0.3) is 0 Å². The number of urea groups is 2. The summed E-state index contributed by atoms with van der Waals surface area (Å²) in [4.78, 5) is 51.2. The van der Waals surface area contributed by atoms with Gasteiger partial charge in [0.15, 0.2) is 0 Å². The zero-order valence-electron chi connectivity index (χ0n) is 21.1. The Balaban J connectivity index is 1.56. The summed E-state index contributed by atoms with van der Waals surface area (Å²) in [6.45, 7) is 0.143. The molecule has 4 N–H and O–H groups in total. The SMILES string of the molecule is COc1ccccc1CN(CC(=O)NC(=O)NCc1ccccc1)CC(=O)NC(=O)NCc1ccccc1. The molecule has 6 amide bonds. The average molecular weight is 518 g/mol. The van der Waals surface area contributed by atoms with Crippen LogP contribution in [0.1, 0.15) is 16.7 Å². The lowest BCUT2D eigenvalue weighted by Crippen LogP contribution is -2.48. The Kier molecular flexibility index (Phi) is 10.8. The molecule has 0 atom stereocenters. The van der Waals surface area contributed by atoms with Gasteiger partial charge in [0.05, 0.1) is 20.2 Å². The lowest BCUT2D eigenvalue weighted by molar-refractivity contribution is -0.124. The third-order valence-corrected chi connectivity index (χ3v) is 5.42. The normalized spacial score (nSPS) is 10.4. The number of ether oxygens (including phenoxy) is 1. The summed E-state index contributed by atoms with van der Waals surface area (Å²) in [5.41, 5.74) is 2.50. The van der Waals surface area contributed by atoms with Gasteiger partial charge in [0.2, 0.25) is 11.8 Å². The van der Waals surface area contributed by atoms with Gasteiger partial charge in [-0.1, -0.05) is 78.9 Å². The molecule has 0 spiro atoms. The summed E-state index contributed by atoms with van der Waals surface area (Å²) in [5.74, 6) is -0.627. The van der Waals surface area contributed by atoms with Gasteiger partial charge in [-0.2, -0.15) is 0 Å². The second-order valence-electron chi connectivity index (χ2n) is 8.39. The maximum atomic E-state index is 12.6. The number of methoxy groups -OCH3 is 1. The zero-order valence-corrected chi connectivity index (χ0v) is 21.1. The van der Waals surface area contributed by atoms with Crippen LogP contribution in [0, 0.1) is 0 Å². The zero-order chi connectivity index (χ0) is 27.2. The highest BCUT2D eigenvalue weighted by Gasteiger charge is 2.19. The quantitative estimate of drug-likeness (QED) is 0.309. The van der Waals surface area contributed by atoms with Gasteiger partial charge in [-0.05, 0) is 17.2 Å². The third-order valence-electron chi connectivity index (χ3n) is 5.42. The van der Waals surface area contributed by atoms with E-state index in [1.165, 1.54) is 12.0 Å². The lowest BCUT2D eigenvalue weighted by Gasteiger charge is -2.22. The lowest BCUT2D eigenvalue weighted by atomic mass is 10.2. The molecule has 0 aliphatic carbocycles. The summed E-state index contributed by atoms with van der Waals surface area (Å²) in [7, 11) is 1.52. The van der Waals surface area contributed by atoms with Gasteiger partial charge in [-0.25, -0.2) is 9.59 Å². The monoisotopic (exact) mass is 517 g/mol. The number of amides is 6. The van der Waals surface area contributed by atoms with Gasteiger partial charge < -0.3 is 15.4 Å². The number of nitrogens with one attached hydrogen (secondary N) is 4. The van der Waals surface area contributed by atoms with E-state index in [1.807, 2.05) is 66.7 Å². The number of benzene rings is 3. The standard InChI is InChI=1S/C28H31N5O5/c1-38-24-15-9-8-14-23(24)18-33(19-25(34)31-27(36)29-16-21-10-4-2-5-11-21)20-26(35)32-28(37)30-17-22-12-6-3-7-13-22/h2-15H,16-20H2,1H3,(H2,29,31,34,36)(H2,30,32,35,37). The number of carbonyl (C=O) groups excluding carboxylic acids is 4. The predicted molar refractivity (Wildman–Crippen MR) is 142 cm³/mol. The van der Waals surface area contributed by atoms with E-state index < -0.39 is 23.9 Å². The van der Waals surface area contributed by atoms with Crippen LogP contribution in [0.2, 0.25) is 0 Å². The van der Waals surface area contributed by atoms with E-state index in [0.717, 1.165) is 16.7 Å². The van der Waals surface area contributed by atoms with Crippen molar-refractivity contribution in [2.24, 2.45) is 0 Å². The molecular weight excluding hydrogens is 486 g/mol. The predicted octanol–water partition coefficient (Wildman–Crippen LogP) is 2.55. The minimum Gasteiger partial charge on any atom is -0.496 e. The number of para-hydroxylation sites is 1. The molecule has 0 fully saturated rings. The summed E-state index contributed by atoms with van der Waals surface area (Å²) >= 11 is 0. The summed E-state index contributed by atoms with van der Waals surface area (Å²) in [6.07, 6.45) is 0. The Hall–Kier alpha value is -4.70. The van der Waals surface area contributed by atoms with Gasteiger partial charge in [-0.15, -0.1) is 0 Å². The minimum atomic E-state index is -0.652. The van der Waals surface area contributed by atoms with Crippen molar-refractivity contribution in [2.45, 2.75) is 19.6 Å². The molecule has 0 saturated carbocycles. The van der Waals surface area contributed by atoms with Crippen LogP contribution in [0.15, 0.2) is 84.9 Å². The molecule has 0 aliphatic heterocycles. The second-order valence-corrected chi connectivity index (χ2v) is 8.39. The Morgan fingerprint density at radius 2 is 1.11 bits per heavy atom. The summed E-state index contributed by atoms with van der Waals surface area (Å²) in [6, 6.07) is 24.4. The molecule has 0 radical (unpaired) electrons. The molecule has 0 aliphatic rings. The first-order valence-electron chi connectivity index (χ1n) is 12.0. The van der Waals surface area contributed by atoms with Crippen molar-refractivity contribution in [3.8, 4) is 5.75 Å². The van der Waals surface area contributed by atoms with Crippen molar-refractivity contribution in [3.63, 3.8) is 0 Å². The molecule has 0 aromatic heterocycles. The molecular formula is C28H31N5O5. The van der Waals surface area contributed by atoms with E-state index in [9.17, 15) is 19.2 Å². The van der Waals surface area contributed by atoms with Crippen molar-refractivity contribution in [1.82, 2.24) is 26.2 Å². The van der Waals surface area contributed by atoms with Crippen molar-refractivity contribution >= 4 is 23.9 Å². The fourth-order valence-corrected chi connectivity index (χ4v) is 3.63. The maximum Gasteiger partial charge on any atom is 0.321 e. The molecule has 0 bridgehead atoms. The highest BCUT2D eigenvalue weighted by molar-refractivity contribution is 5.97. The minimum absolute atomic E-state index is 0.169. The number of carbonyl (C=O) groups is 4. The second kappa shape index (κ2) is 14.8. The number of rotatable bonds is 11. The van der Waals surface area contributed by atoms with Crippen LogP contribution >= 0.6 is 0 Å². The molecule has 38 heavy (non-hydrogen) atoms. The van der Waals surface area contributed by atoms with Crippen LogP contribution in [-0.4, -0.2) is 49.0 Å². The molecule has 0 unspecified atom stereocenters. The fourth-order valence-electron chi connectivity index (χ4n) is 3.63. The molecule has 10 nitrogen and oxygen atoms in total. The topological polar surface area (TPSA) is 129 Å². The maximum absolute atomic E-state index is 12.6. The largest absolute Gasteiger partial charge is 0.496 e. The van der Waals surface area contributed by atoms with Crippen molar-refractivity contribution < 1.29 is 23.9 Å². The Labute approximate surface area is 221 Å². The van der Waals surface area contributed by atoms with E-state index in [0.29, 0.717) is 5.75 Å². The molecule has 0 saturated heterocycles.